The number of amides is 1. The lowest BCUT2D eigenvalue weighted by Gasteiger charge is -2.07. The molecule has 1 N–H and O–H groups in total. The van der Waals surface area contributed by atoms with Gasteiger partial charge in [-0.2, -0.15) is 5.10 Å². The summed E-state index contributed by atoms with van der Waals surface area (Å²) in [6, 6.07) is 16.2. The zero-order valence-corrected chi connectivity index (χ0v) is 17.1. The molecule has 30 heavy (non-hydrogen) atoms. The lowest BCUT2D eigenvalue weighted by atomic mass is 10.1. The van der Waals surface area contributed by atoms with Gasteiger partial charge in [0.1, 0.15) is 17.2 Å². The number of carbonyl (C=O) groups is 1. The Morgan fingerprint density at radius 2 is 1.70 bits per heavy atom. The van der Waals surface area contributed by atoms with Crippen molar-refractivity contribution in [3.8, 4) is 28.5 Å². The summed E-state index contributed by atoms with van der Waals surface area (Å²) >= 11 is 0. The van der Waals surface area contributed by atoms with E-state index < -0.39 is 0 Å². The maximum Gasteiger partial charge on any atom is 0.271 e. The van der Waals surface area contributed by atoms with Crippen molar-refractivity contribution in [2.45, 2.75) is 6.92 Å². The molecule has 1 heterocycles. The molecule has 0 aliphatic carbocycles. The van der Waals surface area contributed by atoms with E-state index in [1.165, 1.54) is 6.21 Å². The average molecular weight is 405 g/mol. The van der Waals surface area contributed by atoms with E-state index in [9.17, 15) is 4.79 Å². The number of benzene rings is 2. The maximum atomic E-state index is 12.5. The number of aromatic nitrogens is 1. The molecule has 0 spiro atoms. The van der Waals surface area contributed by atoms with Crippen LogP contribution in [0, 0.1) is 0 Å². The summed E-state index contributed by atoms with van der Waals surface area (Å²) in [5.41, 5.74) is 5.29. The SMILES string of the molecule is CCOc1ccc(-c2cc(C(=O)NN=Cc3cc(OC)cc(OC)c3)ccn2)cc1. The number of pyridine rings is 1. The third-order valence-corrected chi connectivity index (χ3v) is 4.24. The van der Waals surface area contributed by atoms with Gasteiger partial charge in [-0.05, 0) is 55.5 Å². The summed E-state index contributed by atoms with van der Waals surface area (Å²) in [7, 11) is 3.14. The molecule has 7 heteroatoms. The summed E-state index contributed by atoms with van der Waals surface area (Å²) in [6.45, 7) is 2.54. The van der Waals surface area contributed by atoms with Crippen LogP contribution in [0.15, 0.2) is 65.9 Å². The van der Waals surface area contributed by atoms with Crippen LogP contribution < -0.4 is 19.6 Å². The molecule has 0 saturated carbocycles. The van der Waals surface area contributed by atoms with Crippen LogP contribution in [0.4, 0.5) is 0 Å². The minimum Gasteiger partial charge on any atom is -0.497 e. The van der Waals surface area contributed by atoms with Crippen molar-refractivity contribution >= 4 is 12.1 Å². The Kier molecular flexibility index (Phi) is 7.00. The van der Waals surface area contributed by atoms with Gasteiger partial charge < -0.3 is 14.2 Å². The number of hydrogen-bond donors (Lipinski definition) is 1. The smallest absolute Gasteiger partial charge is 0.271 e. The Bertz CT molecular complexity index is 1010. The number of methoxy groups -OCH3 is 2. The molecule has 1 aromatic heterocycles. The fourth-order valence-electron chi connectivity index (χ4n) is 2.75. The number of rotatable bonds is 8. The normalized spacial score (nSPS) is 10.6. The van der Waals surface area contributed by atoms with Gasteiger partial charge in [0.25, 0.3) is 5.91 Å². The molecule has 0 unspecified atom stereocenters. The van der Waals surface area contributed by atoms with E-state index in [2.05, 4.69) is 15.5 Å². The first-order valence-corrected chi connectivity index (χ1v) is 9.38. The van der Waals surface area contributed by atoms with Crippen LogP contribution >= 0.6 is 0 Å². The Hall–Kier alpha value is -3.87. The number of carbonyl (C=O) groups excluding carboxylic acids is 1. The van der Waals surface area contributed by atoms with Gasteiger partial charge in [-0.25, -0.2) is 5.43 Å². The average Bonchev–Trinajstić information content (AvgIpc) is 2.79. The quantitative estimate of drug-likeness (QED) is 0.454. The highest BCUT2D eigenvalue weighted by atomic mass is 16.5. The fraction of sp³-hybridized carbons (Fsp3) is 0.174. The Morgan fingerprint density at radius 1 is 1.00 bits per heavy atom. The summed E-state index contributed by atoms with van der Waals surface area (Å²) in [5, 5.41) is 4.03. The minimum atomic E-state index is -0.337. The summed E-state index contributed by atoms with van der Waals surface area (Å²) in [6.07, 6.45) is 3.12. The monoisotopic (exact) mass is 405 g/mol. The molecule has 0 fully saturated rings. The summed E-state index contributed by atoms with van der Waals surface area (Å²) < 4.78 is 15.9. The predicted molar refractivity (Wildman–Crippen MR) is 115 cm³/mol. The van der Waals surface area contributed by atoms with Crippen LogP contribution in [0.25, 0.3) is 11.3 Å². The van der Waals surface area contributed by atoms with Crippen molar-refractivity contribution in [2.75, 3.05) is 20.8 Å². The first kappa shape index (κ1) is 20.9. The second-order valence-electron chi connectivity index (χ2n) is 6.23. The highest BCUT2D eigenvalue weighted by Crippen LogP contribution is 2.22. The van der Waals surface area contributed by atoms with Crippen LogP contribution in [0.5, 0.6) is 17.2 Å². The van der Waals surface area contributed by atoms with Gasteiger partial charge in [0.05, 0.1) is 32.7 Å². The molecule has 0 aliphatic heterocycles. The topological polar surface area (TPSA) is 82.0 Å². The van der Waals surface area contributed by atoms with Crippen molar-refractivity contribution in [3.05, 3.63) is 71.9 Å². The fourth-order valence-corrected chi connectivity index (χ4v) is 2.75. The Balaban J connectivity index is 1.70. The zero-order chi connectivity index (χ0) is 21.3. The third kappa shape index (κ3) is 5.35. The molecule has 0 saturated heterocycles. The molecule has 2 aromatic carbocycles. The molecule has 3 aromatic rings. The van der Waals surface area contributed by atoms with E-state index in [1.54, 1.807) is 50.7 Å². The highest BCUT2D eigenvalue weighted by molar-refractivity contribution is 5.95. The number of ether oxygens (including phenoxy) is 3. The van der Waals surface area contributed by atoms with E-state index in [1.807, 2.05) is 31.2 Å². The lowest BCUT2D eigenvalue weighted by Crippen LogP contribution is -2.17. The van der Waals surface area contributed by atoms with Crippen LogP contribution in [0.1, 0.15) is 22.8 Å². The van der Waals surface area contributed by atoms with E-state index >= 15 is 0 Å². The molecule has 1 amide bonds. The van der Waals surface area contributed by atoms with Crippen LogP contribution in [-0.2, 0) is 0 Å². The third-order valence-electron chi connectivity index (χ3n) is 4.24. The predicted octanol–water partition coefficient (Wildman–Crippen LogP) is 3.93. The second-order valence-corrected chi connectivity index (χ2v) is 6.23. The van der Waals surface area contributed by atoms with E-state index in [-0.39, 0.29) is 5.91 Å². The Labute approximate surface area is 175 Å². The molecule has 154 valence electrons. The standard InChI is InChI=1S/C23H23N3O4/c1-4-30-19-7-5-17(6-8-19)22-13-18(9-10-24-22)23(27)26-25-15-16-11-20(28-2)14-21(12-16)29-3/h5-15H,4H2,1-3H3,(H,26,27). The number of nitrogens with one attached hydrogen (secondary N) is 1. The molecule has 0 bridgehead atoms. The second kappa shape index (κ2) is 10.1. The summed E-state index contributed by atoms with van der Waals surface area (Å²) in [4.78, 5) is 16.8. The van der Waals surface area contributed by atoms with E-state index in [0.29, 0.717) is 29.4 Å². The Morgan fingerprint density at radius 3 is 2.33 bits per heavy atom. The van der Waals surface area contributed by atoms with Gasteiger partial charge in [-0.15, -0.1) is 0 Å². The van der Waals surface area contributed by atoms with E-state index in [0.717, 1.165) is 16.9 Å². The first-order valence-electron chi connectivity index (χ1n) is 9.38. The van der Waals surface area contributed by atoms with Crippen molar-refractivity contribution in [1.82, 2.24) is 10.4 Å². The highest BCUT2D eigenvalue weighted by Gasteiger charge is 2.08. The molecule has 3 rings (SSSR count). The number of hydrogen-bond acceptors (Lipinski definition) is 6. The van der Waals surface area contributed by atoms with Crippen molar-refractivity contribution < 1.29 is 19.0 Å². The van der Waals surface area contributed by atoms with Gasteiger partial charge in [0.2, 0.25) is 0 Å². The molecular weight excluding hydrogens is 382 g/mol. The number of nitrogens with zero attached hydrogens (tertiary/aromatic N) is 2. The minimum absolute atomic E-state index is 0.337. The van der Waals surface area contributed by atoms with Gasteiger partial charge in [0, 0.05) is 29.0 Å². The molecule has 0 aliphatic rings. The van der Waals surface area contributed by atoms with E-state index in [4.69, 9.17) is 14.2 Å². The van der Waals surface area contributed by atoms with Crippen molar-refractivity contribution in [3.63, 3.8) is 0 Å². The van der Waals surface area contributed by atoms with Crippen LogP contribution in [0.2, 0.25) is 0 Å². The van der Waals surface area contributed by atoms with Crippen LogP contribution in [0.3, 0.4) is 0 Å². The summed E-state index contributed by atoms with van der Waals surface area (Å²) in [5.74, 6) is 1.72. The first-order chi connectivity index (χ1) is 14.6. The van der Waals surface area contributed by atoms with Gasteiger partial charge >= 0.3 is 0 Å². The zero-order valence-electron chi connectivity index (χ0n) is 17.1. The molecule has 7 nitrogen and oxygen atoms in total. The van der Waals surface area contributed by atoms with Gasteiger partial charge in [-0.1, -0.05) is 0 Å². The molecule has 0 radical (unpaired) electrons. The van der Waals surface area contributed by atoms with Crippen molar-refractivity contribution in [1.29, 1.82) is 0 Å². The van der Waals surface area contributed by atoms with Gasteiger partial charge in [0.15, 0.2) is 0 Å². The van der Waals surface area contributed by atoms with Crippen molar-refractivity contribution in [2.24, 2.45) is 5.10 Å². The lowest BCUT2D eigenvalue weighted by molar-refractivity contribution is 0.0955. The largest absolute Gasteiger partial charge is 0.497 e. The molecule has 0 atom stereocenters. The van der Waals surface area contributed by atoms with Gasteiger partial charge in [-0.3, -0.25) is 9.78 Å². The number of hydrazone groups is 1. The molecular formula is C23H23N3O4. The maximum absolute atomic E-state index is 12.5. The van der Waals surface area contributed by atoms with Crippen LogP contribution in [-0.4, -0.2) is 37.9 Å².